The Kier molecular flexibility index (Phi) is 5.82. The van der Waals surface area contributed by atoms with E-state index in [-0.39, 0.29) is 5.78 Å². The van der Waals surface area contributed by atoms with Crippen molar-refractivity contribution in [3.05, 3.63) is 64.1 Å². The van der Waals surface area contributed by atoms with Gasteiger partial charge < -0.3 is 4.74 Å². The van der Waals surface area contributed by atoms with E-state index < -0.39 is 0 Å². The van der Waals surface area contributed by atoms with Gasteiger partial charge in [0.15, 0.2) is 5.78 Å². The van der Waals surface area contributed by atoms with Crippen LogP contribution in [0.5, 0.6) is 5.75 Å². The normalized spacial score (nSPS) is 12.3. The van der Waals surface area contributed by atoms with Gasteiger partial charge in [-0.2, -0.15) is 0 Å². The average Bonchev–Trinajstić information content (AvgIpc) is 2.72. The van der Waals surface area contributed by atoms with E-state index >= 15 is 0 Å². The lowest BCUT2D eigenvalue weighted by Crippen LogP contribution is -2.11. The van der Waals surface area contributed by atoms with Gasteiger partial charge in [0.05, 0.1) is 6.61 Å². The van der Waals surface area contributed by atoms with Gasteiger partial charge in [-0.1, -0.05) is 97.4 Å². The minimum atomic E-state index is 0.0914. The van der Waals surface area contributed by atoms with Gasteiger partial charge in [0.1, 0.15) is 5.75 Å². The van der Waals surface area contributed by atoms with Gasteiger partial charge in [0.25, 0.3) is 0 Å². The molecule has 0 aliphatic heterocycles. The molecule has 3 heteroatoms. The summed E-state index contributed by atoms with van der Waals surface area (Å²) in [7, 11) is 0. The number of rotatable bonds is 8. The second kappa shape index (κ2) is 8.48. The number of fused-ring (bicyclic) bond motifs is 2. The Bertz CT molecular complexity index is 1020. The number of hydrogen-bond donors (Lipinski definition) is 0. The number of benzene rings is 3. The zero-order chi connectivity index (χ0) is 19.5. The smallest absolute Gasteiger partial charge is 0.194 e. The maximum atomic E-state index is 13.0. The lowest BCUT2D eigenvalue weighted by atomic mass is 9.82. The van der Waals surface area contributed by atoms with Gasteiger partial charge in [-0.15, -0.1) is 0 Å². The van der Waals surface area contributed by atoms with Crippen LogP contribution in [0.4, 0.5) is 0 Å². The van der Waals surface area contributed by atoms with Gasteiger partial charge >= 0.3 is 0 Å². The molecule has 0 radical (unpaired) electrons. The molecule has 0 saturated heterocycles. The van der Waals surface area contributed by atoms with Gasteiger partial charge in [-0.3, -0.25) is 4.79 Å². The van der Waals surface area contributed by atoms with Crippen LogP contribution < -0.4 is 4.74 Å². The van der Waals surface area contributed by atoms with Crippen LogP contribution in [0.3, 0.4) is 0 Å². The number of carbonyl (C=O) groups is 1. The van der Waals surface area contributed by atoms with Crippen molar-refractivity contribution in [2.75, 3.05) is 6.61 Å². The number of ketones is 1. The standard InChI is InChI=1S/C25H25BrO2/c1-2-3-4-5-6-9-15-28-22-16-21(26)19-13-10-14-20-23(19)24(22)17-11-7-8-12-18(17)25(20)27/h7-8,10-14,16H,2-6,9,15H2,1H3. The summed E-state index contributed by atoms with van der Waals surface area (Å²) in [5.41, 5.74) is 3.54. The third-order valence-electron chi connectivity index (χ3n) is 5.52. The van der Waals surface area contributed by atoms with Crippen LogP contribution in [0, 0.1) is 0 Å². The minimum Gasteiger partial charge on any atom is -0.493 e. The fraction of sp³-hybridized carbons (Fsp3) is 0.320. The van der Waals surface area contributed by atoms with Crippen LogP contribution >= 0.6 is 15.9 Å². The van der Waals surface area contributed by atoms with Crippen LogP contribution in [0.2, 0.25) is 0 Å². The Morgan fingerprint density at radius 1 is 0.857 bits per heavy atom. The highest BCUT2D eigenvalue weighted by molar-refractivity contribution is 9.10. The second-order valence-corrected chi connectivity index (χ2v) is 8.30. The molecule has 1 aliphatic rings. The molecule has 3 aromatic rings. The van der Waals surface area contributed by atoms with E-state index in [1.54, 1.807) is 0 Å². The van der Waals surface area contributed by atoms with Crippen molar-refractivity contribution in [3.63, 3.8) is 0 Å². The molecule has 0 atom stereocenters. The number of halogens is 1. The van der Waals surface area contributed by atoms with E-state index in [2.05, 4.69) is 35.0 Å². The van der Waals surface area contributed by atoms with E-state index in [9.17, 15) is 4.79 Å². The maximum Gasteiger partial charge on any atom is 0.194 e. The van der Waals surface area contributed by atoms with Crippen LogP contribution in [0.25, 0.3) is 21.9 Å². The molecule has 0 N–H and O–H groups in total. The van der Waals surface area contributed by atoms with E-state index in [4.69, 9.17) is 4.74 Å². The van der Waals surface area contributed by atoms with Crippen molar-refractivity contribution < 1.29 is 9.53 Å². The molecule has 2 nitrogen and oxygen atoms in total. The maximum absolute atomic E-state index is 13.0. The molecular formula is C25H25BrO2. The van der Waals surface area contributed by atoms with Crippen molar-refractivity contribution in [2.24, 2.45) is 0 Å². The summed E-state index contributed by atoms with van der Waals surface area (Å²) in [6.07, 6.45) is 7.42. The Labute approximate surface area is 175 Å². The molecule has 0 saturated carbocycles. The Morgan fingerprint density at radius 3 is 2.39 bits per heavy atom. The molecule has 1 aliphatic carbocycles. The van der Waals surface area contributed by atoms with E-state index in [1.165, 1.54) is 32.1 Å². The topological polar surface area (TPSA) is 26.3 Å². The van der Waals surface area contributed by atoms with Crippen molar-refractivity contribution in [1.82, 2.24) is 0 Å². The van der Waals surface area contributed by atoms with Crippen LogP contribution in [-0.4, -0.2) is 12.4 Å². The Hall–Kier alpha value is -2.13. The third kappa shape index (κ3) is 3.48. The fourth-order valence-electron chi connectivity index (χ4n) is 4.09. The SMILES string of the molecule is CCCCCCCCOc1cc(Br)c2cccc3c2c1-c1ccccc1C3=O. The molecule has 4 rings (SSSR count). The molecule has 0 heterocycles. The summed E-state index contributed by atoms with van der Waals surface area (Å²) < 4.78 is 7.23. The van der Waals surface area contributed by atoms with Crippen molar-refractivity contribution >= 4 is 32.5 Å². The summed E-state index contributed by atoms with van der Waals surface area (Å²) in [5, 5.41) is 2.06. The first kappa shape index (κ1) is 19.2. The molecule has 0 spiro atoms. The molecule has 0 fully saturated rings. The zero-order valence-electron chi connectivity index (χ0n) is 16.3. The fourth-order valence-corrected chi connectivity index (χ4v) is 4.63. The summed E-state index contributed by atoms with van der Waals surface area (Å²) in [6.45, 7) is 2.94. The summed E-state index contributed by atoms with van der Waals surface area (Å²) in [4.78, 5) is 13.0. The van der Waals surface area contributed by atoms with E-state index in [0.29, 0.717) is 6.61 Å². The van der Waals surface area contributed by atoms with Crippen LogP contribution in [-0.2, 0) is 0 Å². The lowest BCUT2D eigenvalue weighted by Gasteiger charge is -2.23. The monoisotopic (exact) mass is 436 g/mol. The van der Waals surface area contributed by atoms with Gasteiger partial charge in [0, 0.05) is 26.5 Å². The average molecular weight is 437 g/mol. The van der Waals surface area contributed by atoms with Gasteiger partial charge in [-0.25, -0.2) is 0 Å². The molecule has 144 valence electrons. The first-order valence-corrected chi connectivity index (χ1v) is 11.0. The summed E-state index contributed by atoms with van der Waals surface area (Å²) >= 11 is 3.69. The third-order valence-corrected chi connectivity index (χ3v) is 6.17. The predicted molar refractivity (Wildman–Crippen MR) is 119 cm³/mol. The minimum absolute atomic E-state index is 0.0914. The van der Waals surface area contributed by atoms with Gasteiger partial charge in [0.2, 0.25) is 0 Å². The molecule has 0 amide bonds. The molecule has 0 bridgehead atoms. The largest absolute Gasteiger partial charge is 0.493 e. The highest BCUT2D eigenvalue weighted by Crippen LogP contribution is 2.47. The number of hydrogen-bond acceptors (Lipinski definition) is 2. The molecular weight excluding hydrogens is 412 g/mol. The van der Waals surface area contributed by atoms with Crippen LogP contribution in [0.15, 0.2) is 53.0 Å². The summed E-state index contributed by atoms with van der Waals surface area (Å²) in [6, 6.07) is 15.9. The Morgan fingerprint density at radius 2 is 1.57 bits per heavy atom. The zero-order valence-corrected chi connectivity index (χ0v) is 17.8. The molecule has 0 aromatic heterocycles. The highest BCUT2D eigenvalue weighted by Gasteiger charge is 2.28. The number of carbonyl (C=O) groups excluding carboxylic acids is 1. The molecule has 0 unspecified atom stereocenters. The summed E-state index contributed by atoms with van der Waals surface area (Å²) in [5.74, 6) is 0.953. The van der Waals surface area contributed by atoms with E-state index in [1.807, 2.05) is 36.4 Å². The highest BCUT2D eigenvalue weighted by atomic mass is 79.9. The van der Waals surface area contributed by atoms with Crippen molar-refractivity contribution in [1.29, 1.82) is 0 Å². The Balaban J connectivity index is 1.69. The lowest BCUT2D eigenvalue weighted by molar-refractivity contribution is 0.104. The molecule has 3 aromatic carbocycles. The predicted octanol–water partition coefficient (Wildman–Crippen LogP) is 7.55. The quantitative estimate of drug-likeness (QED) is 0.266. The number of ether oxygens (including phenoxy) is 1. The first-order chi connectivity index (χ1) is 13.7. The van der Waals surface area contributed by atoms with Gasteiger partial charge in [-0.05, 0) is 23.4 Å². The molecule has 28 heavy (non-hydrogen) atoms. The first-order valence-electron chi connectivity index (χ1n) is 10.2. The van der Waals surface area contributed by atoms with E-state index in [0.717, 1.165) is 49.7 Å². The second-order valence-electron chi connectivity index (χ2n) is 7.45. The number of unbranched alkanes of at least 4 members (excludes halogenated alkanes) is 5. The van der Waals surface area contributed by atoms with Crippen LogP contribution in [0.1, 0.15) is 61.4 Å². The van der Waals surface area contributed by atoms with Crippen molar-refractivity contribution in [3.8, 4) is 16.9 Å². The van der Waals surface area contributed by atoms with Crippen molar-refractivity contribution in [2.45, 2.75) is 45.4 Å².